The van der Waals surface area contributed by atoms with Gasteiger partial charge in [0.05, 0.1) is 13.7 Å². The van der Waals surface area contributed by atoms with Crippen LogP contribution in [0.1, 0.15) is 18.6 Å². The Kier molecular flexibility index (Phi) is 4.43. The lowest BCUT2D eigenvalue weighted by Gasteiger charge is -2.10. The van der Waals surface area contributed by atoms with Crippen molar-refractivity contribution < 1.29 is 15.2 Å². The maximum atomic E-state index is 9.73. The van der Waals surface area contributed by atoms with Gasteiger partial charge in [-0.2, -0.15) is 0 Å². The smallest absolute Gasteiger partial charge is 0.128 e. The van der Waals surface area contributed by atoms with E-state index in [1.807, 2.05) is 43.6 Å². The van der Waals surface area contributed by atoms with Crippen molar-refractivity contribution in [1.82, 2.24) is 0 Å². The minimum atomic E-state index is -0.416. The van der Waals surface area contributed by atoms with E-state index in [1.54, 1.807) is 0 Å². The summed E-state index contributed by atoms with van der Waals surface area (Å²) < 4.78 is 5.35. The standard InChI is InChI=1S/C11H17NO2/c1-3-14-10-6-4-5-9(7-10)11(13)8-12-2/h4-7,11-13H,3,8H2,1-2H3/p+1/t11-/m0/s1. The van der Waals surface area contributed by atoms with Gasteiger partial charge in [-0.15, -0.1) is 0 Å². The molecule has 0 unspecified atom stereocenters. The average molecular weight is 196 g/mol. The van der Waals surface area contributed by atoms with Gasteiger partial charge in [-0.05, 0) is 24.6 Å². The van der Waals surface area contributed by atoms with Crippen molar-refractivity contribution in [3.63, 3.8) is 0 Å². The zero-order valence-electron chi connectivity index (χ0n) is 8.73. The van der Waals surface area contributed by atoms with Crippen molar-refractivity contribution in [2.45, 2.75) is 13.0 Å². The van der Waals surface area contributed by atoms with Gasteiger partial charge in [-0.3, -0.25) is 0 Å². The molecule has 78 valence electrons. The molecule has 1 atom stereocenters. The number of likely N-dealkylation sites (N-methyl/N-ethyl adjacent to an activating group) is 1. The molecule has 0 saturated heterocycles. The van der Waals surface area contributed by atoms with E-state index in [2.05, 4.69) is 0 Å². The SMILES string of the molecule is CCOc1cccc([C@@H](O)C[NH2+]C)c1. The summed E-state index contributed by atoms with van der Waals surface area (Å²) in [5.41, 5.74) is 0.911. The van der Waals surface area contributed by atoms with Gasteiger partial charge in [0.25, 0.3) is 0 Å². The van der Waals surface area contributed by atoms with Gasteiger partial charge >= 0.3 is 0 Å². The lowest BCUT2D eigenvalue weighted by molar-refractivity contribution is -0.634. The van der Waals surface area contributed by atoms with E-state index in [0.717, 1.165) is 11.3 Å². The van der Waals surface area contributed by atoms with E-state index in [1.165, 1.54) is 0 Å². The number of nitrogens with two attached hydrogens (primary N) is 1. The van der Waals surface area contributed by atoms with Gasteiger partial charge in [-0.1, -0.05) is 12.1 Å². The maximum absolute atomic E-state index is 9.73. The van der Waals surface area contributed by atoms with Crippen LogP contribution in [-0.2, 0) is 0 Å². The Morgan fingerprint density at radius 3 is 2.93 bits per heavy atom. The normalized spacial score (nSPS) is 12.5. The first-order valence-corrected chi connectivity index (χ1v) is 4.96. The van der Waals surface area contributed by atoms with Crippen LogP contribution in [0.25, 0.3) is 0 Å². The summed E-state index contributed by atoms with van der Waals surface area (Å²) in [6, 6.07) is 7.60. The molecule has 3 nitrogen and oxygen atoms in total. The van der Waals surface area contributed by atoms with Gasteiger partial charge in [0.1, 0.15) is 18.4 Å². The van der Waals surface area contributed by atoms with Gasteiger partial charge < -0.3 is 15.2 Å². The van der Waals surface area contributed by atoms with E-state index in [9.17, 15) is 5.11 Å². The van der Waals surface area contributed by atoms with Crippen LogP contribution in [0.3, 0.4) is 0 Å². The number of ether oxygens (including phenoxy) is 1. The first-order valence-electron chi connectivity index (χ1n) is 4.96. The molecule has 3 heteroatoms. The molecule has 0 amide bonds. The number of hydrogen-bond donors (Lipinski definition) is 2. The zero-order valence-corrected chi connectivity index (χ0v) is 8.73. The molecule has 0 aliphatic rings. The first-order chi connectivity index (χ1) is 6.77. The highest BCUT2D eigenvalue weighted by atomic mass is 16.5. The van der Waals surface area contributed by atoms with Crippen LogP contribution < -0.4 is 10.1 Å². The fraction of sp³-hybridized carbons (Fsp3) is 0.455. The number of rotatable bonds is 5. The Balaban J connectivity index is 2.71. The fourth-order valence-electron chi connectivity index (χ4n) is 1.34. The Morgan fingerprint density at radius 1 is 1.50 bits per heavy atom. The average Bonchev–Trinajstić information content (AvgIpc) is 2.19. The number of aliphatic hydroxyl groups is 1. The minimum Gasteiger partial charge on any atom is -0.494 e. The Labute approximate surface area is 84.7 Å². The second-order valence-corrected chi connectivity index (χ2v) is 3.17. The lowest BCUT2D eigenvalue weighted by atomic mass is 10.1. The Hall–Kier alpha value is -1.06. The number of aliphatic hydroxyl groups excluding tert-OH is 1. The Morgan fingerprint density at radius 2 is 2.29 bits per heavy atom. The predicted molar refractivity (Wildman–Crippen MR) is 55.3 cm³/mol. The molecule has 1 aromatic carbocycles. The molecule has 0 heterocycles. The highest BCUT2D eigenvalue weighted by Crippen LogP contribution is 2.18. The van der Waals surface area contributed by atoms with Crippen molar-refractivity contribution in [3.8, 4) is 5.75 Å². The molecule has 0 fully saturated rings. The highest BCUT2D eigenvalue weighted by molar-refractivity contribution is 5.29. The highest BCUT2D eigenvalue weighted by Gasteiger charge is 2.08. The van der Waals surface area contributed by atoms with Crippen LogP contribution >= 0.6 is 0 Å². The number of quaternary nitrogens is 1. The zero-order chi connectivity index (χ0) is 10.4. The first kappa shape index (κ1) is 11.0. The van der Waals surface area contributed by atoms with Gasteiger partial charge in [-0.25, -0.2) is 0 Å². The van der Waals surface area contributed by atoms with Crippen molar-refractivity contribution >= 4 is 0 Å². The summed E-state index contributed by atoms with van der Waals surface area (Å²) in [4.78, 5) is 0. The molecular weight excluding hydrogens is 178 g/mol. The fourth-order valence-corrected chi connectivity index (χ4v) is 1.34. The van der Waals surface area contributed by atoms with Crippen molar-refractivity contribution in [2.75, 3.05) is 20.2 Å². The van der Waals surface area contributed by atoms with E-state index in [4.69, 9.17) is 4.74 Å². The molecule has 0 aromatic heterocycles. The van der Waals surface area contributed by atoms with Crippen molar-refractivity contribution in [2.24, 2.45) is 0 Å². The van der Waals surface area contributed by atoms with Crippen LogP contribution in [0.15, 0.2) is 24.3 Å². The molecule has 3 N–H and O–H groups in total. The molecule has 14 heavy (non-hydrogen) atoms. The monoisotopic (exact) mass is 196 g/mol. The summed E-state index contributed by atoms with van der Waals surface area (Å²) in [7, 11) is 1.94. The Bertz CT molecular complexity index is 276. The summed E-state index contributed by atoms with van der Waals surface area (Å²) >= 11 is 0. The quantitative estimate of drug-likeness (QED) is 0.712. The van der Waals surface area contributed by atoms with Gasteiger partial charge in [0.2, 0.25) is 0 Å². The molecule has 0 aliphatic carbocycles. The molecule has 0 spiro atoms. The predicted octanol–water partition coefficient (Wildman–Crippen LogP) is 0.312. The lowest BCUT2D eigenvalue weighted by Crippen LogP contribution is -2.80. The summed E-state index contributed by atoms with van der Waals surface area (Å²) in [5.74, 6) is 0.820. The molecule has 0 radical (unpaired) electrons. The second kappa shape index (κ2) is 5.62. The topological polar surface area (TPSA) is 46.1 Å². The third-order valence-electron chi connectivity index (χ3n) is 2.01. The van der Waals surface area contributed by atoms with Crippen molar-refractivity contribution in [3.05, 3.63) is 29.8 Å². The molecular formula is C11H18NO2+. The largest absolute Gasteiger partial charge is 0.494 e. The molecule has 1 aromatic rings. The van der Waals surface area contributed by atoms with Crippen LogP contribution in [-0.4, -0.2) is 25.3 Å². The van der Waals surface area contributed by atoms with Crippen LogP contribution in [0.4, 0.5) is 0 Å². The van der Waals surface area contributed by atoms with E-state index in [-0.39, 0.29) is 0 Å². The maximum Gasteiger partial charge on any atom is 0.128 e. The minimum absolute atomic E-state index is 0.416. The molecule has 0 saturated carbocycles. The molecule has 0 aliphatic heterocycles. The molecule has 1 rings (SSSR count). The summed E-state index contributed by atoms with van der Waals surface area (Å²) in [6.45, 7) is 3.28. The van der Waals surface area contributed by atoms with E-state index in [0.29, 0.717) is 13.2 Å². The summed E-state index contributed by atoms with van der Waals surface area (Å²) in [5, 5.41) is 11.7. The van der Waals surface area contributed by atoms with E-state index < -0.39 is 6.10 Å². The number of hydrogen-bond acceptors (Lipinski definition) is 2. The third kappa shape index (κ3) is 3.01. The van der Waals surface area contributed by atoms with Gasteiger partial charge in [0, 0.05) is 0 Å². The second-order valence-electron chi connectivity index (χ2n) is 3.17. The van der Waals surface area contributed by atoms with Crippen LogP contribution in [0, 0.1) is 0 Å². The number of benzene rings is 1. The third-order valence-corrected chi connectivity index (χ3v) is 2.01. The van der Waals surface area contributed by atoms with Crippen molar-refractivity contribution in [1.29, 1.82) is 0 Å². The molecule has 0 bridgehead atoms. The van der Waals surface area contributed by atoms with E-state index >= 15 is 0 Å². The summed E-state index contributed by atoms with van der Waals surface area (Å²) in [6.07, 6.45) is -0.416. The van der Waals surface area contributed by atoms with Gasteiger partial charge in [0.15, 0.2) is 0 Å². The van der Waals surface area contributed by atoms with Crippen LogP contribution in [0.5, 0.6) is 5.75 Å². The van der Waals surface area contributed by atoms with Crippen LogP contribution in [0.2, 0.25) is 0 Å².